The molecule has 1 aromatic carbocycles. The molecule has 0 aliphatic carbocycles. The van der Waals surface area contributed by atoms with Crippen LogP contribution in [0.5, 0.6) is 5.75 Å². The molecule has 16 heavy (non-hydrogen) atoms. The number of carbonyl (C=O) groups excluding carboxylic acids is 1. The summed E-state index contributed by atoms with van der Waals surface area (Å²) in [6.45, 7) is 0.888. The van der Waals surface area contributed by atoms with Crippen LogP contribution >= 0.6 is 0 Å². The molecule has 0 radical (unpaired) electrons. The molecule has 0 unspecified atom stereocenters. The fraction of sp³-hybridized carbons (Fsp3) is 0.417. The van der Waals surface area contributed by atoms with Gasteiger partial charge in [-0.3, -0.25) is 4.79 Å². The number of aromatic hydroxyl groups is 1. The number of Topliss-reactive ketones (excluding diaryl/α,β-unsaturated/α-hetero) is 1. The Balaban J connectivity index is 2.56. The van der Waals surface area contributed by atoms with Crippen molar-refractivity contribution in [2.75, 3.05) is 26.4 Å². The van der Waals surface area contributed by atoms with E-state index in [0.29, 0.717) is 12.0 Å². The normalized spacial score (nSPS) is 10.7. The quantitative estimate of drug-likeness (QED) is 0.450. The lowest BCUT2D eigenvalue weighted by molar-refractivity contribution is 0.0977. The summed E-state index contributed by atoms with van der Waals surface area (Å²) in [5, 5.41) is 9.23. The smallest absolute Gasteiger partial charge is 0.163 e. The Bertz CT molecular complexity index is 375. The number of carbonyl (C=O) groups is 1. The van der Waals surface area contributed by atoms with Crippen LogP contribution in [0.3, 0.4) is 0 Å². The third-order valence-corrected chi connectivity index (χ3v) is 2.36. The molecular formula is C12H18N2O2. The van der Waals surface area contributed by atoms with Crippen molar-refractivity contribution >= 4 is 11.5 Å². The Morgan fingerprint density at radius 1 is 1.44 bits per heavy atom. The third-order valence-electron chi connectivity index (χ3n) is 2.36. The van der Waals surface area contributed by atoms with Gasteiger partial charge < -0.3 is 15.7 Å². The molecular weight excluding hydrogens is 204 g/mol. The van der Waals surface area contributed by atoms with E-state index in [1.54, 1.807) is 6.07 Å². The highest BCUT2D eigenvalue weighted by molar-refractivity contribution is 5.97. The van der Waals surface area contributed by atoms with Gasteiger partial charge in [0.1, 0.15) is 5.75 Å². The monoisotopic (exact) mass is 222 g/mol. The van der Waals surface area contributed by atoms with Gasteiger partial charge in [-0.25, -0.2) is 0 Å². The van der Waals surface area contributed by atoms with Gasteiger partial charge in [0.25, 0.3) is 0 Å². The Labute approximate surface area is 95.7 Å². The minimum absolute atomic E-state index is 0.0184. The summed E-state index contributed by atoms with van der Waals surface area (Å²) < 4.78 is 0. The van der Waals surface area contributed by atoms with Crippen molar-refractivity contribution in [2.24, 2.45) is 0 Å². The maximum absolute atomic E-state index is 11.7. The van der Waals surface area contributed by atoms with E-state index in [1.165, 1.54) is 12.1 Å². The molecule has 0 heterocycles. The Kier molecular flexibility index (Phi) is 4.31. The Morgan fingerprint density at radius 3 is 2.69 bits per heavy atom. The minimum atomic E-state index is 0.0184. The first-order chi connectivity index (χ1) is 7.50. The van der Waals surface area contributed by atoms with E-state index in [1.807, 2.05) is 19.0 Å². The van der Waals surface area contributed by atoms with Gasteiger partial charge in [0.2, 0.25) is 0 Å². The first kappa shape index (κ1) is 12.5. The molecule has 1 rings (SSSR count). The van der Waals surface area contributed by atoms with Gasteiger partial charge in [0.05, 0.1) is 5.69 Å². The summed E-state index contributed by atoms with van der Waals surface area (Å²) in [7, 11) is 3.95. The van der Waals surface area contributed by atoms with Crippen LogP contribution in [0, 0.1) is 0 Å². The predicted octanol–water partition coefficient (Wildman–Crippen LogP) is 1.50. The molecule has 4 nitrogen and oxygen atoms in total. The number of hydrogen-bond donors (Lipinski definition) is 2. The molecule has 88 valence electrons. The van der Waals surface area contributed by atoms with E-state index in [4.69, 9.17) is 5.73 Å². The second kappa shape index (κ2) is 5.51. The molecule has 0 atom stereocenters. The standard InChI is InChI=1S/C12H18N2O2/c1-14(2)7-3-4-11(15)9-5-6-12(16)10(13)8-9/h5-6,8,16H,3-4,7,13H2,1-2H3. The van der Waals surface area contributed by atoms with Crippen LogP contribution in [-0.2, 0) is 0 Å². The van der Waals surface area contributed by atoms with Gasteiger partial charge in [-0.1, -0.05) is 0 Å². The van der Waals surface area contributed by atoms with E-state index < -0.39 is 0 Å². The predicted molar refractivity (Wildman–Crippen MR) is 64.6 cm³/mol. The van der Waals surface area contributed by atoms with Crippen molar-refractivity contribution < 1.29 is 9.90 Å². The summed E-state index contributed by atoms with van der Waals surface area (Å²) in [4.78, 5) is 13.8. The first-order valence-electron chi connectivity index (χ1n) is 5.27. The topological polar surface area (TPSA) is 66.6 Å². The molecule has 0 saturated carbocycles. The summed E-state index contributed by atoms with van der Waals surface area (Å²) in [5.74, 6) is 0.0818. The van der Waals surface area contributed by atoms with E-state index in [-0.39, 0.29) is 17.2 Å². The summed E-state index contributed by atoms with van der Waals surface area (Å²) in [5.41, 5.74) is 6.34. The van der Waals surface area contributed by atoms with Gasteiger partial charge >= 0.3 is 0 Å². The zero-order chi connectivity index (χ0) is 12.1. The van der Waals surface area contributed by atoms with Crippen molar-refractivity contribution in [2.45, 2.75) is 12.8 Å². The van der Waals surface area contributed by atoms with E-state index in [9.17, 15) is 9.90 Å². The van der Waals surface area contributed by atoms with Crippen LogP contribution in [0.15, 0.2) is 18.2 Å². The zero-order valence-corrected chi connectivity index (χ0v) is 9.73. The van der Waals surface area contributed by atoms with Crippen molar-refractivity contribution in [1.82, 2.24) is 4.90 Å². The maximum Gasteiger partial charge on any atom is 0.163 e. The highest BCUT2D eigenvalue weighted by Crippen LogP contribution is 2.21. The second-order valence-electron chi connectivity index (χ2n) is 4.10. The third kappa shape index (κ3) is 3.55. The number of ketones is 1. The number of nitrogens with zero attached hydrogens (tertiary/aromatic N) is 1. The van der Waals surface area contributed by atoms with E-state index in [2.05, 4.69) is 0 Å². The molecule has 0 amide bonds. The van der Waals surface area contributed by atoms with Gasteiger partial charge in [-0.15, -0.1) is 0 Å². The number of nitrogen functional groups attached to an aromatic ring is 1. The molecule has 0 fully saturated rings. The van der Waals surface area contributed by atoms with E-state index in [0.717, 1.165) is 13.0 Å². The molecule has 0 saturated heterocycles. The number of rotatable bonds is 5. The molecule has 0 aliphatic rings. The highest BCUT2D eigenvalue weighted by Gasteiger charge is 2.07. The van der Waals surface area contributed by atoms with Crippen molar-refractivity contribution in [3.8, 4) is 5.75 Å². The van der Waals surface area contributed by atoms with Crippen LogP contribution < -0.4 is 5.73 Å². The SMILES string of the molecule is CN(C)CCCC(=O)c1ccc(O)c(N)c1. The zero-order valence-electron chi connectivity index (χ0n) is 9.73. The summed E-state index contributed by atoms with van der Waals surface area (Å²) in [6.07, 6.45) is 1.33. The number of anilines is 1. The van der Waals surface area contributed by atoms with Crippen molar-refractivity contribution in [3.05, 3.63) is 23.8 Å². The minimum Gasteiger partial charge on any atom is -0.506 e. The molecule has 1 aromatic rings. The average molecular weight is 222 g/mol. The average Bonchev–Trinajstić information content (AvgIpc) is 2.21. The first-order valence-corrected chi connectivity index (χ1v) is 5.27. The lowest BCUT2D eigenvalue weighted by atomic mass is 10.1. The summed E-state index contributed by atoms with van der Waals surface area (Å²) in [6, 6.07) is 4.57. The molecule has 0 spiro atoms. The van der Waals surface area contributed by atoms with Gasteiger partial charge in [-0.2, -0.15) is 0 Å². The van der Waals surface area contributed by atoms with Crippen LogP contribution in [0.4, 0.5) is 5.69 Å². The Hall–Kier alpha value is -1.55. The van der Waals surface area contributed by atoms with Crippen LogP contribution in [0.2, 0.25) is 0 Å². The number of hydrogen-bond acceptors (Lipinski definition) is 4. The van der Waals surface area contributed by atoms with Crippen molar-refractivity contribution in [1.29, 1.82) is 0 Å². The largest absolute Gasteiger partial charge is 0.506 e. The number of nitrogens with two attached hydrogens (primary N) is 1. The molecule has 3 N–H and O–H groups in total. The van der Waals surface area contributed by atoms with Gasteiger partial charge in [0.15, 0.2) is 5.78 Å². The molecule has 0 aliphatic heterocycles. The number of benzene rings is 1. The van der Waals surface area contributed by atoms with Crippen LogP contribution in [0.25, 0.3) is 0 Å². The summed E-state index contributed by atoms with van der Waals surface area (Å²) >= 11 is 0. The fourth-order valence-electron chi connectivity index (χ4n) is 1.43. The molecule has 4 heteroatoms. The maximum atomic E-state index is 11.7. The number of phenols is 1. The van der Waals surface area contributed by atoms with Gasteiger partial charge in [0, 0.05) is 12.0 Å². The lowest BCUT2D eigenvalue weighted by Crippen LogP contribution is -2.14. The van der Waals surface area contributed by atoms with Crippen molar-refractivity contribution in [3.63, 3.8) is 0 Å². The second-order valence-corrected chi connectivity index (χ2v) is 4.10. The van der Waals surface area contributed by atoms with Gasteiger partial charge in [-0.05, 0) is 45.3 Å². The molecule has 0 aromatic heterocycles. The molecule has 0 bridgehead atoms. The highest BCUT2D eigenvalue weighted by atomic mass is 16.3. The van der Waals surface area contributed by atoms with Crippen LogP contribution in [-0.4, -0.2) is 36.4 Å². The fourth-order valence-corrected chi connectivity index (χ4v) is 1.43. The van der Waals surface area contributed by atoms with Crippen LogP contribution in [0.1, 0.15) is 23.2 Å². The number of phenolic OH excluding ortho intramolecular Hbond substituents is 1. The Morgan fingerprint density at radius 2 is 2.12 bits per heavy atom. The lowest BCUT2D eigenvalue weighted by Gasteiger charge is -2.08. The van der Waals surface area contributed by atoms with E-state index >= 15 is 0 Å².